The van der Waals surface area contributed by atoms with Crippen LogP contribution in [0.3, 0.4) is 0 Å². The van der Waals surface area contributed by atoms with Gasteiger partial charge in [0.15, 0.2) is 5.13 Å². The van der Waals surface area contributed by atoms with Crippen LogP contribution in [0, 0.1) is 10.1 Å². The first kappa shape index (κ1) is 18.3. The van der Waals surface area contributed by atoms with Crippen molar-refractivity contribution < 1.29 is 9.72 Å². The second kappa shape index (κ2) is 8.72. The Morgan fingerprint density at radius 3 is 2.88 bits per heavy atom. The predicted molar refractivity (Wildman–Crippen MR) is 102 cm³/mol. The van der Waals surface area contributed by atoms with Crippen molar-refractivity contribution in [2.24, 2.45) is 0 Å². The highest BCUT2D eigenvalue weighted by Gasteiger charge is 2.18. The van der Waals surface area contributed by atoms with Crippen LogP contribution < -0.4 is 16.0 Å². The van der Waals surface area contributed by atoms with E-state index in [0.717, 1.165) is 25.9 Å². The highest BCUT2D eigenvalue weighted by molar-refractivity contribution is 7.15. The molecule has 1 fully saturated rings. The van der Waals surface area contributed by atoms with Gasteiger partial charge in [0.25, 0.3) is 5.69 Å². The molecule has 0 aliphatic carbocycles. The molecule has 2 heterocycles. The average molecular weight is 375 g/mol. The van der Waals surface area contributed by atoms with Crippen LogP contribution in [-0.2, 0) is 4.79 Å². The molecule has 0 spiro atoms. The number of para-hydroxylation sites is 2. The van der Waals surface area contributed by atoms with Gasteiger partial charge in [0.1, 0.15) is 5.69 Å². The van der Waals surface area contributed by atoms with E-state index in [9.17, 15) is 14.9 Å². The minimum absolute atomic E-state index is 0.000514. The van der Waals surface area contributed by atoms with Gasteiger partial charge < -0.3 is 16.0 Å². The Morgan fingerprint density at radius 2 is 2.12 bits per heavy atom. The van der Waals surface area contributed by atoms with Gasteiger partial charge in [-0.25, -0.2) is 4.98 Å². The quantitative estimate of drug-likeness (QED) is 0.507. The lowest BCUT2D eigenvalue weighted by atomic mass is 9.97. The SMILES string of the molecule is O=C(CCNc1ccccc1[N+](=O)[O-])Nc1ncc(C2CCNCC2)s1. The van der Waals surface area contributed by atoms with E-state index in [1.54, 1.807) is 18.2 Å². The van der Waals surface area contributed by atoms with E-state index in [0.29, 0.717) is 23.3 Å². The van der Waals surface area contributed by atoms with E-state index < -0.39 is 4.92 Å². The zero-order valence-corrected chi connectivity index (χ0v) is 15.1. The molecule has 1 aromatic carbocycles. The maximum atomic E-state index is 12.1. The molecule has 9 heteroatoms. The Morgan fingerprint density at radius 1 is 1.35 bits per heavy atom. The molecule has 138 valence electrons. The molecular formula is C17H21N5O3S. The molecule has 3 rings (SSSR count). The Labute approximate surface area is 155 Å². The third-order valence-electron chi connectivity index (χ3n) is 4.28. The average Bonchev–Trinajstić information content (AvgIpc) is 3.11. The van der Waals surface area contributed by atoms with Crippen molar-refractivity contribution in [3.05, 3.63) is 45.5 Å². The molecule has 8 nitrogen and oxygen atoms in total. The summed E-state index contributed by atoms with van der Waals surface area (Å²) in [6, 6.07) is 6.38. The smallest absolute Gasteiger partial charge is 0.292 e. The van der Waals surface area contributed by atoms with Gasteiger partial charge in [0, 0.05) is 30.1 Å². The summed E-state index contributed by atoms with van der Waals surface area (Å²) in [5.74, 6) is 0.349. The number of thiazole rings is 1. The number of amides is 1. The van der Waals surface area contributed by atoms with E-state index >= 15 is 0 Å². The first-order valence-corrected chi connectivity index (χ1v) is 9.38. The minimum atomic E-state index is -0.444. The molecule has 0 saturated carbocycles. The predicted octanol–water partition coefficient (Wildman–Crippen LogP) is 2.96. The van der Waals surface area contributed by atoms with Gasteiger partial charge in [-0.05, 0) is 37.9 Å². The molecule has 3 N–H and O–H groups in total. The number of benzene rings is 1. The number of nitro groups is 1. The van der Waals surface area contributed by atoms with Crippen LogP contribution in [0.5, 0.6) is 0 Å². The van der Waals surface area contributed by atoms with Crippen molar-refractivity contribution in [2.45, 2.75) is 25.2 Å². The van der Waals surface area contributed by atoms with Crippen LogP contribution in [0.1, 0.15) is 30.1 Å². The van der Waals surface area contributed by atoms with Gasteiger partial charge in [0.05, 0.1) is 4.92 Å². The Bertz CT molecular complexity index is 773. The number of aromatic nitrogens is 1. The Kier molecular flexibility index (Phi) is 6.13. The number of carbonyl (C=O) groups is 1. The van der Waals surface area contributed by atoms with Crippen LogP contribution in [0.4, 0.5) is 16.5 Å². The maximum absolute atomic E-state index is 12.1. The van der Waals surface area contributed by atoms with Crippen molar-refractivity contribution in [1.82, 2.24) is 10.3 Å². The molecule has 26 heavy (non-hydrogen) atoms. The molecule has 0 unspecified atom stereocenters. The zero-order valence-electron chi connectivity index (χ0n) is 14.2. The van der Waals surface area contributed by atoms with Crippen molar-refractivity contribution >= 4 is 33.8 Å². The fourth-order valence-electron chi connectivity index (χ4n) is 2.91. The lowest BCUT2D eigenvalue weighted by Gasteiger charge is -2.20. The molecule has 1 aromatic heterocycles. The van der Waals surface area contributed by atoms with Crippen molar-refractivity contribution in [1.29, 1.82) is 0 Å². The summed E-state index contributed by atoms with van der Waals surface area (Å²) in [7, 11) is 0. The van der Waals surface area contributed by atoms with E-state index in [1.165, 1.54) is 22.3 Å². The van der Waals surface area contributed by atoms with Gasteiger partial charge in [-0.3, -0.25) is 14.9 Å². The second-order valence-electron chi connectivity index (χ2n) is 6.09. The van der Waals surface area contributed by atoms with E-state index in [2.05, 4.69) is 20.9 Å². The third-order valence-corrected chi connectivity index (χ3v) is 5.35. The van der Waals surface area contributed by atoms with Gasteiger partial charge in [-0.1, -0.05) is 12.1 Å². The number of rotatable bonds is 7. The number of nitrogens with zero attached hydrogens (tertiary/aromatic N) is 2. The van der Waals surface area contributed by atoms with E-state index in [4.69, 9.17) is 0 Å². The number of hydrogen-bond donors (Lipinski definition) is 3. The van der Waals surface area contributed by atoms with Crippen molar-refractivity contribution in [3.63, 3.8) is 0 Å². The lowest BCUT2D eigenvalue weighted by molar-refractivity contribution is -0.384. The summed E-state index contributed by atoms with van der Waals surface area (Å²) in [5, 5.41) is 20.7. The number of hydrogen-bond acceptors (Lipinski definition) is 7. The molecule has 1 aliphatic rings. The zero-order chi connectivity index (χ0) is 18.4. The first-order valence-electron chi connectivity index (χ1n) is 8.57. The summed E-state index contributed by atoms with van der Waals surface area (Å²) in [4.78, 5) is 28.1. The normalized spacial score (nSPS) is 14.8. The highest BCUT2D eigenvalue weighted by Crippen LogP contribution is 2.31. The van der Waals surface area contributed by atoms with Crippen LogP contribution in [0.2, 0.25) is 0 Å². The topological polar surface area (TPSA) is 109 Å². The van der Waals surface area contributed by atoms with Gasteiger partial charge >= 0.3 is 0 Å². The summed E-state index contributed by atoms with van der Waals surface area (Å²) < 4.78 is 0. The summed E-state index contributed by atoms with van der Waals surface area (Å²) in [6.07, 6.45) is 4.24. The van der Waals surface area contributed by atoms with Crippen LogP contribution in [0.25, 0.3) is 0 Å². The van der Waals surface area contributed by atoms with Gasteiger partial charge in [-0.2, -0.15) is 0 Å². The molecule has 1 aliphatic heterocycles. The first-order chi connectivity index (χ1) is 12.6. The monoisotopic (exact) mass is 375 g/mol. The van der Waals surface area contributed by atoms with Crippen LogP contribution in [0.15, 0.2) is 30.5 Å². The molecular weight excluding hydrogens is 354 g/mol. The second-order valence-corrected chi connectivity index (χ2v) is 7.15. The summed E-state index contributed by atoms with van der Waals surface area (Å²) in [5.41, 5.74) is 0.409. The molecule has 0 radical (unpaired) electrons. The summed E-state index contributed by atoms with van der Waals surface area (Å²) >= 11 is 1.52. The number of nitrogens with one attached hydrogen (secondary N) is 3. The van der Waals surface area contributed by atoms with E-state index in [1.807, 2.05) is 6.20 Å². The van der Waals surface area contributed by atoms with Gasteiger partial charge in [-0.15, -0.1) is 11.3 Å². The number of nitro benzene ring substituents is 1. The number of anilines is 2. The fourth-order valence-corrected chi connectivity index (χ4v) is 3.92. The Balaban J connectivity index is 1.47. The van der Waals surface area contributed by atoms with Crippen molar-refractivity contribution in [3.8, 4) is 0 Å². The standard InChI is InChI=1S/C17H21N5O3S/c23-16(7-10-19-13-3-1-2-4-14(13)22(24)25)21-17-20-11-15(26-17)12-5-8-18-9-6-12/h1-4,11-12,18-19H,5-10H2,(H,20,21,23). The molecule has 1 amide bonds. The third kappa shape index (κ3) is 4.77. The molecule has 2 aromatic rings. The van der Waals surface area contributed by atoms with Gasteiger partial charge in [0.2, 0.25) is 5.91 Å². The number of piperidine rings is 1. The Hall–Kier alpha value is -2.52. The van der Waals surface area contributed by atoms with Crippen LogP contribution in [-0.4, -0.2) is 35.4 Å². The molecule has 0 bridgehead atoms. The van der Waals surface area contributed by atoms with Crippen LogP contribution >= 0.6 is 11.3 Å². The molecule has 0 atom stereocenters. The minimum Gasteiger partial charge on any atom is -0.379 e. The summed E-state index contributed by atoms with van der Waals surface area (Å²) in [6.45, 7) is 2.34. The maximum Gasteiger partial charge on any atom is 0.292 e. The fraction of sp³-hybridized carbons (Fsp3) is 0.412. The lowest BCUT2D eigenvalue weighted by Crippen LogP contribution is -2.26. The highest BCUT2D eigenvalue weighted by atomic mass is 32.1. The molecule has 1 saturated heterocycles. The number of carbonyl (C=O) groups excluding carboxylic acids is 1. The van der Waals surface area contributed by atoms with Crippen molar-refractivity contribution in [2.75, 3.05) is 30.3 Å². The van der Waals surface area contributed by atoms with E-state index in [-0.39, 0.29) is 18.0 Å². The largest absolute Gasteiger partial charge is 0.379 e.